The van der Waals surface area contributed by atoms with Crippen molar-refractivity contribution < 1.29 is 4.74 Å². The second-order valence-electron chi connectivity index (χ2n) is 6.27. The summed E-state index contributed by atoms with van der Waals surface area (Å²) in [5.41, 5.74) is 4.49. The number of hydrogen-bond acceptors (Lipinski definition) is 4. The maximum Gasteiger partial charge on any atom is 0.153 e. The molecule has 124 valence electrons. The molecule has 0 saturated carbocycles. The maximum atomic E-state index is 5.30. The van der Waals surface area contributed by atoms with Crippen LogP contribution >= 0.6 is 0 Å². The lowest BCUT2D eigenvalue weighted by Gasteiger charge is -2.13. The second-order valence-corrected chi connectivity index (χ2v) is 6.27. The molecule has 0 spiro atoms. The Hall–Kier alpha value is -2.56. The molecule has 1 aliphatic rings. The van der Waals surface area contributed by atoms with Gasteiger partial charge in [-0.15, -0.1) is 0 Å². The Morgan fingerprint density at radius 1 is 1.25 bits per heavy atom. The van der Waals surface area contributed by atoms with Crippen molar-refractivity contribution in [1.82, 2.24) is 15.0 Å². The van der Waals surface area contributed by atoms with Crippen LogP contribution in [0.3, 0.4) is 0 Å². The summed E-state index contributed by atoms with van der Waals surface area (Å²) < 4.78 is 5.30. The van der Waals surface area contributed by atoms with Gasteiger partial charge in [0.15, 0.2) is 5.82 Å². The number of fused-ring (bicyclic) bond motifs is 3. The van der Waals surface area contributed by atoms with Crippen molar-refractivity contribution in [3.8, 4) is 5.75 Å². The molecule has 0 fully saturated rings. The Kier molecular flexibility index (Phi) is 4.07. The molecule has 0 unspecified atom stereocenters. The number of nitrogens with zero attached hydrogens (tertiary/aromatic N) is 2. The molecule has 0 bridgehead atoms. The van der Waals surface area contributed by atoms with E-state index >= 15 is 0 Å². The SMILES string of the molecule is COc1ccc2c(c1)[nH]c1c(NCCC3=CCCCC3)ncnc12. The lowest BCUT2D eigenvalue weighted by atomic mass is 9.97. The van der Waals surface area contributed by atoms with E-state index in [4.69, 9.17) is 4.74 Å². The van der Waals surface area contributed by atoms with Crippen molar-refractivity contribution in [2.24, 2.45) is 0 Å². The Bertz CT molecular complexity index is 897. The molecule has 3 aromatic rings. The third kappa shape index (κ3) is 2.82. The van der Waals surface area contributed by atoms with E-state index in [1.807, 2.05) is 18.2 Å². The smallest absolute Gasteiger partial charge is 0.153 e. The van der Waals surface area contributed by atoms with Gasteiger partial charge in [0.05, 0.1) is 12.6 Å². The molecule has 1 aromatic carbocycles. The number of methoxy groups -OCH3 is 1. The maximum absolute atomic E-state index is 5.30. The minimum absolute atomic E-state index is 0.834. The summed E-state index contributed by atoms with van der Waals surface area (Å²) in [5.74, 6) is 1.70. The molecule has 0 saturated heterocycles. The molecular formula is C19H22N4O. The number of ether oxygens (including phenoxy) is 1. The first-order valence-electron chi connectivity index (χ1n) is 8.57. The monoisotopic (exact) mass is 322 g/mol. The number of nitrogens with one attached hydrogen (secondary N) is 2. The molecule has 0 aliphatic heterocycles. The molecule has 2 N–H and O–H groups in total. The third-order valence-corrected chi connectivity index (χ3v) is 4.71. The van der Waals surface area contributed by atoms with Crippen LogP contribution in [-0.2, 0) is 0 Å². The van der Waals surface area contributed by atoms with Crippen LogP contribution in [0, 0.1) is 0 Å². The molecule has 0 amide bonds. The van der Waals surface area contributed by atoms with E-state index in [1.54, 1.807) is 19.0 Å². The van der Waals surface area contributed by atoms with Crippen LogP contribution in [0.15, 0.2) is 36.2 Å². The number of aromatic nitrogens is 3. The van der Waals surface area contributed by atoms with E-state index in [-0.39, 0.29) is 0 Å². The summed E-state index contributed by atoms with van der Waals surface area (Å²) in [4.78, 5) is 12.3. The number of hydrogen-bond donors (Lipinski definition) is 2. The zero-order valence-electron chi connectivity index (χ0n) is 13.9. The number of anilines is 1. The first kappa shape index (κ1) is 15.0. The number of H-pyrrole nitrogens is 1. The minimum Gasteiger partial charge on any atom is -0.497 e. The fraction of sp³-hybridized carbons (Fsp3) is 0.368. The average Bonchev–Trinajstić information content (AvgIpc) is 3.01. The number of allylic oxidation sites excluding steroid dienone is 1. The molecule has 1 aliphatic carbocycles. The molecular weight excluding hydrogens is 300 g/mol. The second kappa shape index (κ2) is 6.51. The Balaban J connectivity index is 1.59. The van der Waals surface area contributed by atoms with Gasteiger partial charge in [0.1, 0.15) is 23.1 Å². The van der Waals surface area contributed by atoms with Gasteiger partial charge < -0.3 is 15.0 Å². The van der Waals surface area contributed by atoms with Crippen LogP contribution in [0.2, 0.25) is 0 Å². The van der Waals surface area contributed by atoms with Crippen molar-refractivity contribution in [1.29, 1.82) is 0 Å². The summed E-state index contributed by atoms with van der Waals surface area (Å²) >= 11 is 0. The highest BCUT2D eigenvalue weighted by Crippen LogP contribution is 2.29. The van der Waals surface area contributed by atoms with E-state index in [1.165, 1.54) is 25.7 Å². The summed E-state index contributed by atoms with van der Waals surface area (Å²) in [6.07, 6.45) is 10.2. The first-order chi connectivity index (χ1) is 11.8. The predicted octanol–water partition coefficient (Wildman–Crippen LogP) is 4.42. The van der Waals surface area contributed by atoms with Gasteiger partial charge in [-0.05, 0) is 44.2 Å². The molecule has 2 aromatic heterocycles. The summed E-state index contributed by atoms with van der Waals surface area (Å²) in [5, 5.41) is 4.56. The topological polar surface area (TPSA) is 62.8 Å². The van der Waals surface area contributed by atoms with E-state index in [0.717, 1.165) is 46.5 Å². The van der Waals surface area contributed by atoms with E-state index in [9.17, 15) is 0 Å². The van der Waals surface area contributed by atoms with E-state index in [2.05, 4.69) is 26.3 Å². The molecule has 5 heteroatoms. The number of aromatic amines is 1. The normalized spacial score (nSPS) is 14.8. The Morgan fingerprint density at radius 3 is 3.04 bits per heavy atom. The third-order valence-electron chi connectivity index (χ3n) is 4.71. The molecule has 24 heavy (non-hydrogen) atoms. The van der Waals surface area contributed by atoms with Crippen molar-refractivity contribution >= 4 is 27.8 Å². The predicted molar refractivity (Wildman–Crippen MR) is 97.6 cm³/mol. The quantitative estimate of drug-likeness (QED) is 0.682. The zero-order chi connectivity index (χ0) is 16.4. The van der Waals surface area contributed by atoms with Crippen LogP contribution in [0.25, 0.3) is 21.9 Å². The average molecular weight is 322 g/mol. The van der Waals surface area contributed by atoms with Gasteiger partial charge in [-0.2, -0.15) is 0 Å². The van der Waals surface area contributed by atoms with Crippen LogP contribution in [0.1, 0.15) is 32.1 Å². The minimum atomic E-state index is 0.834. The molecule has 5 nitrogen and oxygen atoms in total. The highest BCUT2D eigenvalue weighted by molar-refractivity contribution is 6.08. The lowest BCUT2D eigenvalue weighted by Crippen LogP contribution is -2.06. The number of benzene rings is 1. The fourth-order valence-corrected chi connectivity index (χ4v) is 3.41. The number of rotatable bonds is 5. The standard InChI is InChI=1S/C19H22N4O/c1-24-14-7-8-15-16(11-14)23-18-17(15)21-12-22-19(18)20-10-9-13-5-3-2-4-6-13/h5,7-8,11-12,23H,2-4,6,9-10H2,1H3,(H,20,21,22). The zero-order valence-corrected chi connectivity index (χ0v) is 13.9. The van der Waals surface area contributed by atoms with Crippen molar-refractivity contribution in [2.45, 2.75) is 32.1 Å². The Morgan fingerprint density at radius 2 is 2.21 bits per heavy atom. The first-order valence-corrected chi connectivity index (χ1v) is 8.57. The molecule has 2 heterocycles. The summed E-state index contributed by atoms with van der Waals surface area (Å²) in [6.45, 7) is 0.899. The molecule has 0 atom stereocenters. The molecule has 0 radical (unpaired) electrons. The van der Waals surface area contributed by atoms with Crippen LogP contribution in [0.5, 0.6) is 5.75 Å². The van der Waals surface area contributed by atoms with Crippen molar-refractivity contribution in [2.75, 3.05) is 19.0 Å². The van der Waals surface area contributed by atoms with Crippen molar-refractivity contribution in [3.05, 3.63) is 36.2 Å². The Labute approximate surface area is 141 Å². The highest BCUT2D eigenvalue weighted by Gasteiger charge is 2.11. The fourth-order valence-electron chi connectivity index (χ4n) is 3.41. The molecule has 4 rings (SSSR count). The van der Waals surface area contributed by atoms with Crippen LogP contribution < -0.4 is 10.1 Å². The van der Waals surface area contributed by atoms with Gasteiger partial charge in [-0.25, -0.2) is 9.97 Å². The van der Waals surface area contributed by atoms with Crippen LogP contribution in [0.4, 0.5) is 5.82 Å². The summed E-state index contributed by atoms with van der Waals surface area (Å²) in [6, 6.07) is 5.99. The largest absolute Gasteiger partial charge is 0.497 e. The van der Waals surface area contributed by atoms with Crippen LogP contribution in [-0.4, -0.2) is 28.6 Å². The van der Waals surface area contributed by atoms with Gasteiger partial charge in [0, 0.05) is 18.0 Å². The highest BCUT2D eigenvalue weighted by atomic mass is 16.5. The van der Waals surface area contributed by atoms with E-state index < -0.39 is 0 Å². The van der Waals surface area contributed by atoms with E-state index in [0.29, 0.717) is 0 Å². The van der Waals surface area contributed by atoms with Gasteiger partial charge in [-0.3, -0.25) is 0 Å². The van der Waals surface area contributed by atoms with Crippen molar-refractivity contribution in [3.63, 3.8) is 0 Å². The van der Waals surface area contributed by atoms with Gasteiger partial charge >= 0.3 is 0 Å². The van der Waals surface area contributed by atoms with Gasteiger partial charge in [0.2, 0.25) is 0 Å². The van der Waals surface area contributed by atoms with Gasteiger partial charge in [-0.1, -0.05) is 11.6 Å². The summed E-state index contributed by atoms with van der Waals surface area (Å²) in [7, 11) is 1.68. The lowest BCUT2D eigenvalue weighted by molar-refractivity contribution is 0.415. The van der Waals surface area contributed by atoms with Gasteiger partial charge in [0.25, 0.3) is 0 Å².